The number of carbonyl (C=O) groups is 2. The second-order valence-electron chi connectivity index (χ2n) is 5.68. The van der Waals surface area contributed by atoms with E-state index in [1.165, 1.54) is 4.68 Å². The molecular weight excluding hydrogens is 290 g/mol. The molecule has 11 heteroatoms. The van der Waals surface area contributed by atoms with E-state index < -0.39 is 11.3 Å². The lowest BCUT2D eigenvalue weighted by atomic mass is 9.96. The van der Waals surface area contributed by atoms with Crippen LogP contribution in [0.1, 0.15) is 26.6 Å². The number of amides is 2. The maximum atomic E-state index is 12.1. The number of aromatic nitrogens is 4. The predicted octanol–water partition coefficient (Wildman–Crippen LogP) is -2.34. The molecular formula is C11H21N9O2. The molecule has 0 spiro atoms. The number of tetrazole rings is 1. The highest BCUT2D eigenvalue weighted by atomic mass is 16.2. The largest absolute Gasteiger partial charge is 0.391 e. The molecule has 0 unspecified atom stereocenters. The lowest BCUT2D eigenvalue weighted by molar-refractivity contribution is -0.128. The van der Waals surface area contributed by atoms with E-state index in [9.17, 15) is 9.59 Å². The van der Waals surface area contributed by atoms with Crippen LogP contribution in [0.3, 0.4) is 0 Å². The molecule has 1 aromatic heterocycles. The zero-order chi connectivity index (χ0) is 17.1. The normalized spacial score (nSPS) is 12.6. The minimum atomic E-state index is -0.907. The molecule has 0 atom stereocenters. The van der Waals surface area contributed by atoms with Gasteiger partial charge in [-0.05, 0) is 10.4 Å². The molecule has 0 aliphatic rings. The third-order valence-corrected chi connectivity index (χ3v) is 2.74. The van der Waals surface area contributed by atoms with E-state index >= 15 is 0 Å². The molecule has 0 radical (unpaired) electrons. The van der Waals surface area contributed by atoms with Crippen LogP contribution in [0.5, 0.6) is 0 Å². The molecule has 11 nitrogen and oxygen atoms in total. The fraction of sp³-hybridized carbons (Fsp3) is 0.545. The van der Waals surface area contributed by atoms with Crippen LogP contribution >= 0.6 is 0 Å². The highest BCUT2D eigenvalue weighted by Gasteiger charge is 2.26. The second kappa shape index (κ2) is 6.39. The summed E-state index contributed by atoms with van der Waals surface area (Å²) in [4.78, 5) is 23.4. The summed E-state index contributed by atoms with van der Waals surface area (Å²) in [5.74, 6) is 4.89. The first-order valence-electron chi connectivity index (χ1n) is 6.38. The molecule has 2 amide bonds. The van der Waals surface area contributed by atoms with Gasteiger partial charge in [0.25, 0.3) is 5.91 Å². The zero-order valence-electron chi connectivity index (χ0n) is 13.0. The van der Waals surface area contributed by atoms with Crippen molar-refractivity contribution < 1.29 is 9.59 Å². The smallest absolute Gasteiger partial charge is 0.268 e. The molecule has 0 aliphatic heterocycles. The van der Waals surface area contributed by atoms with Crippen molar-refractivity contribution in [3.05, 3.63) is 17.3 Å². The first-order chi connectivity index (χ1) is 10.0. The van der Waals surface area contributed by atoms with Gasteiger partial charge in [-0.3, -0.25) is 14.6 Å². The highest BCUT2D eigenvalue weighted by Crippen LogP contribution is 2.15. The number of nitrogens with zero attached hydrogens (tertiary/aromatic N) is 5. The Kier molecular flexibility index (Phi) is 5.04. The Bertz CT molecular complexity index is 599. The van der Waals surface area contributed by atoms with Crippen molar-refractivity contribution in [2.75, 3.05) is 0 Å². The van der Waals surface area contributed by atoms with Crippen LogP contribution in [0.2, 0.25) is 0 Å². The summed E-state index contributed by atoms with van der Waals surface area (Å²) in [5, 5.41) is 14.4. The number of hydrogen-bond donors (Lipinski definition) is 4. The van der Waals surface area contributed by atoms with E-state index in [-0.39, 0.29) is 24.0 Å². The minimum absolute atomic E-state index is 0.0111. The molecule has 22 heavy (non-hydrogen) atoms. The summed E-state index contributed by atoms with van der Waals surface area (Å²) in [6.45, 7) is 5.12. The summed E-state index contributed by atoms with van der Waals surface area (Å²) < 4.78 is 1.39. The number of aryl methyl sites for hydroxylation is 1. The van der Waals surface area contributed by atoms with Crippen LogP contribution in [-0.2, 0) is 23.2 Å². The summed E-state index contributed by atoms with van der Waals surface area (Å²) in [6.07, 6.45) is 0. The number of primary amides is 1. The van der Waals surface area contributed by atoms with E-state index in [0.29, 0.717) is 5.82 Å². The Morgan fingerprint density at radius 3 is 2.32 bits per heavy atom. The fourth-order valence-electron chi connectivity index (χ4n) is 1.32. The fourth-order valence-corrected chi connectivity index (χ4v) is 1.32. The maximum Gasteiger partial charge on any atom is 0.268 e. The third kappa shape index (κ3) is 4.15. The Morgan fingerprint density at radius 2 is 1.91 bits per heavy atom. The molecule has 1 heterocycles. The quantitative estimate of drug-likeness (QED) is 0.266. The van der Waals surface area contributed by atoms with Crippen molar-refractivity contribution in [2.45, 2.75) is 27.3 Å². The van der Waals surface area contributed by atoms with Gasteiger partial charge in [-0.25, -0.2) is 10.5 Å². The van der Waals surface area contributed by atoms with Crippen LogP contribution in [0.15, 0.2) is 11.5 Å². The van der Waals surface area contributed by atoms with Gasteiger partial charge in [0.1, 0.15) is 5.70 Å². The van der Waals surface area contributed by atoms with Crippen molar-refractivity contribution in [3.63, 3.8) is 0 Å². The van der Waals surface area contributed by atoms with Crippen LogP contribution < -0.4 is 22.6 Å². The molecule has 7 N–H and O–H groups in total. The molecule has 122 valence electrons. The lowest BCUT2D eigenvalue weighted by Gasteiger charge is -2.26. The standard InChI is InChI=1S/C11H21N9O2/c1-11(2,3)10(22)15-9(7(12)8(13)21)20(14)5-6-16-17-18-19(6)4/h5,12,14H2,1-4H3,(H2,13,21)(H,15,22)/b9-7-. The van der Waals surface area contributed by atoms with Gasteiger partial charge in [0.05, 0.1) is 6.54 Å². The van der Waals surface area contributed by atoms with Gasteiger partial charge in [0.2, 0.25) is 5.91 Å². The van der Waals surface area contributed by atoms with Crippen LogP contribution in [-0.4, -0.2) is 37.0 Å². The lowest BCUT2D eigenvalue weighted by Crippen LogP contribution is -2.46. The minimum Gasteiger partial charge on any atom is -0.391 e. The molecule has 0 aliphatic carbocycles. The second-order valence-corrected chi connectivity index (χ2v) is 5.68. The Morgan fingerprint density at radius 1 is 1.32 bits per heavy atom. The topological polar surface area (TPSA) is 171 Å². The van der Waals surface area contributed by atoms with Crippen molar-refractivity contribution in [3.8, 4) is 0 Å². The third-order valence-electron chi connectivity index (χ3n) is 2.74. The zero-order valence-corrected chi connectivity index (χ0v) is 13.0. The molecule has 0 bridgehead atoms. The number of nitrogens with two attached hydrogens (primary N) is 3. The van der Waals surface area contributed by atoms with Crippen molar-refractivity contribution in [1.29, 1.82) is 0 Å². The molecule has 0 saturated carbocycles. The summed E-state index contributed by atoms with van der Waals surface area (Å²) in [6, 6.07) is 0. The molecule has 0 saturated heterocycles. The average molecular weight is 311 g/mol. The monoisotopic (exact) mass is 311 g/mol. The summed E-state index contributed by atoms with van der Waals surface area (Å²) in [7, 11) is 1.62. The van der Waals surface area contributed by atoms with Crippen LogP contribution in [0.25, 0.3) is 0 Å². The number of hydrazine groups is 1. The summed E-state index contributed by atoms with van der Waals surface area (Å²) >= 11 is 0. The van der Waals surface area contributed by atoms with E-state index in [0.717, 1.165) is 5.01 Å². The SMILES string of the molecule is Cn1nnnc1CN(N)/C(NC(=O)C(C)(C)C)=C(\N)C(N)=O. The average Bonchev–Trinajstić information content (AvgIpc) is 2.79. The van der Waals surface area contributed by atoms with E-state index in [1.807, 2.05) is 0 Å². The van der Waals surface area contributed by atoms with Gasteiger partial charge >= 0.3 is 0 Å². The van der Waals surface area contributed by atoms with Gasteiger partial charge in [0.15, 0.2) is 11.6 Å². The van der Waals surface area contributed by atoms with E-state index in [4.69, 9.17) is 17.3 Å². The highest BCUT2D eigenvalue weighted by molar-refractivity contribution is 5.93. The van der Waals surface area contributed by atoms with Crippen molar-refractivity contribution >= 4 is 11.8 Å². The van der Waals surface area contributed by atoms with E-state index in [1.54, 1.807) is 27.8 Å². The number of rotatable bonds is 5. The number of nitrogens with one attached hydrogen (secondary N) is 1. The Labute approximate surface area is 127 Å². The first kappa shape index (κ1) is 17.4. The van der Waals surface area contributed by atoms with Gasteiger partial charge in [-0.2, -0.15) is 0 Å². The van der Waals surface area contributed by atoms with Crippen LogP contribution in [0, 0.1) is 5.41 Å². The van der Waals surface area contributed by atoms with Crippen molar-refractivity contribution in [2.24, 2.45) is 29.8 Å². The van der Waals surface area contributed by atoms with Gasteiger partial charge < -0.3 is 16.8 Å². The Balaban J connectivity index is 3.06. The number of hydrogen-bond acceptors (Lipinski definition) is 8. The van der Waals surface area contributed by atoms with E-state index in [2.05, 4.69) is 20.8 Å². The van der Waals surface area contributed by atoms with Crippen LogP contribution in [0.4, 0.5) is 0 Å². The molecule has 0 fully saturated rings. The number of carbonyl (C=O) groups excluding carboxylic acids is 2. The Hall–Kier alpha value is -2.69. The predicted molar refractivity (Wildman–Crippen MR) is 76.5 cm³/mol. The first-order valence-corrected chi connectivity index (χ1v) is 6.38. The molecule has 0 aromatic carbocycles. The van der Waals surface area contributed by atoms with Gasteiger partial charge in [-0.15, -0.1) is 5.10 Å². The van der Waals surface area contributed by atoms with Gasteiger partial charge in [0, 0.05) is 12.5 Å². The van der Waals surface area contributed by atoms with Gasteiger partial charge in [-0.1, -0.05) is 20.8 Å². The van der Waals surface area contributed by atoms with Crippen molar-refractivity contribution in [1.82, 2.24) is 30.5 Å². The summed E-state index contributed by atoms with van der Waals surface area (Å²) in [5.41, 5.74) is 9.71. The molecule has 1 rings (SSSR count). The molecule has 1 aromatic rings. The maximum absolute atomic E-state index is 12.1.